The minimum Gasteiger partial charge on any atom is -0.469 e. The molecule has 1 N–H and O–H groups in total. The van der Waals surface area contributed by atoms with E-state index in [1.54, 1.807) is 11.8 Å². The van der Waals surface area contributed by atoms with Gasteiger partial charge >= 0.3 is 5.97 Å². The molecule has 0 spiro atoms. The summed E-state index contributed by atoms with van der Waals surface area (Å²) < 4.78 is 4.67. The molecule has 2 aromatic rings. The van der Waals surface area contributed by atoms with Gasteiger partial charge in [-0.1, -0.05) is 25.1 Å². The molecule has 2 atom stereocenters. The molecule has 29 heavy (non-hydrogen) atoms. The molecule has 154 valence electrons. The number of esters is 1. The third-order valence-electron chi connectivity index (χ3n) is 5.16. The normalized spacial score (nSPS) is 18.1. The minimum absolute atomic E-state index is 0.142. The zero-order valence-corrected chi connectivity index (χ0v) is 18.0. The van der Waals surface area contributed by atoms with Gasteiger partial charge in [-0.15, -0.1) is 11.8 Å². The lowest BCUT2D eigenvalue weighted by Gasteiger charge is -2.40. The first-order chi connectivity index (χ1) is 14.0. The van der Waals surface area contributed by atoms with Crippen LogP contribution in [0.1, 0.15) is 44.7 Å². The smallest absolute Gasteiger partial charge is 0.306 e. The number of methoxy groups -OCH3 is 1. The first kappa shape index (κ1) is 21.2. The van der Waals surface area contributed by atoms with Gasteiger partial charge in [0.15, 0.2) is 0 Å². The van der Waals surface area contributed by atoms with E-state index in [1.807, 2.05) is 30.0 Å². The third kappa shape index (κ3) is 5.12. The summed E-state index contributed by atoms with van der Waals surface area (Å²) in [6.45, 7) is 4.02. The fourth-order valence-corrected chi connectivity index (χ4v) is 4.54. The lowest BCUT2D eigenvalue weighted by atomic mass is 9.91. The summed E-state index contributed by atoms with van der Waals surface area (Å²) in [6, 6.07) is 16.7. The van der Waals surface area contributed by atoms with Crippen LogP contribution in [-0.2, 0) is 14.3 Å². The lowest BCUT2D eigenvalue weighted by molar-refractivity contribution is -0.140. The van der Waals surface area contributed by atoms with Crippen LogP contribution in [-0.4, -0.2) is 30.8 Å². The van der Waals surface area contributed by atoms with E-state index in [-0.39, 0.29) is 24.0 Å². The second-order valence-corrected chi connectivity index (χ2v) is 8.33. The molecule has 6 heteroatoms. The number of anilines is 2. The van der Waals surface area contributed by atoms with E-state index in [2.05, 4.69) is 47.3 Å². The molecule has 5 nitrogen and oxygen atoms in total. The molecule has 0 unspecified atom stereocenters. The SMILES string of the molecule is CCC(=O)N1c2ccccc2[C@H](Nc2ccc(SCCC(=O)OC)cc2)C[C@@H]1C. The molecule has 0 aliphatic carbocycles. The van der Waals surface area contributed by atoms with Crippen molar-refractivity contribution in [1.82, 2.24) is 0 Å². The fourth-order valence-electron chi connectivity index (χ4n) is 3.70. The number of fused-ring (bicyclic) bond motifs is 1. The quantitative estimate of drug-likeness (QED) is 0.510. The molecule has 0 saturated heterocycles. The van der Waals surface area contributed by atoms with Crippen LogP contribution in [0.3, 0.4) is 0 Å². The molecular formula is C23H28N2O3S. The van der Waals surface area contributed by atoms with E-state index in [4.69, 9.17) is 0 Å². The average molecular weight is 413 g/mol. The highest BCUT2D eigenvalue weighted by Gasteiger charge is 2.32. The molecule has 0 aromatic heterocycles. The van der Waals surface area contributed by atoms with E-state index in [9.17, 15) is 9.59 Å². The Bertz CT molecular complexity index is 853. The molecular weight excluding hydrogens is 384 g/mol. The summed E-state index contributed by atoms with van der Waals surface area (Å²) in [5.74, 6) is 0.682. The number of benzene rings is 2. The molecule has 1 heterocycles. The molecule has 0 bridgehead atoms. The fraction of sp³-hybridized carbons (Fsp3) is 0.391. The highest BCUT2D eigenvalue weighted by molar-refractivity contribution is 7.99. The van der Waals surface area contributed by atoms with Crippen LogP contribution in [0.4, 0.5) is 11.4 Å². The summed E-state index contributed by atoms with van der Waals surface area (Å²) in [5.41, 5.74) is 3.21. The number of thioether (sulfide) groups is 1. The third-order valence-corrected chi connectivity index (χ3v) is 6.17. The summed E-state index contributed by atoms with van der Waals surface area (Å²) >= 11 is 1.64. The van der Waals surface area contributed by atoms with Crippen LogP contribution in [0.5, 0.6) is 0 Å². The number of amides is 1. The van der Waals surface area contributed by atoms with Crippen molar-refractivity contribution in [3.05, 3.63) is 54.1 Å². The highest BCUT2D eigenvalue weighted by Crippen LogP contribution is 2.39. The molecule has 0 radical (unpaired) electrons. The number of hydrogen-bond acceptors (Lipinski definition) is 5. The van der Waals surface area contributed by atoms with Gasteiger partial charge in [0, 0.05) is 34.5 Å². The molecule has 2 aromatic carbocycles. The molecule has 1 aliphatic heterocycles. The summed E-state index contributed by atoms with van der Waals surface area (Å²) in [7, 11) is 1.41. The standard InChI is InChI=1S/C23H28N2O3S/c1-4-22(26)25-16(2)15-20(19-7-5-6-8-21(19)25)24-17-9-11-18(12-10-17)29-14-13-23(27)28-3/h5-12,16,20,24H,4,13-15H2,1-3H3/t16-,20+/m0/s1. The van der Waals surface area contributed by atoms with Crippen molar-refractivity contribution in [2.45, 2.75) is 50.1 Å². The van der Waals surface area contributed by atoms with E-state index in [0.29, 0.717) is 18.6 Å². The van der Waals surface area contributed by atoms with Crippen LogP contribution in [0.15, 0.2) is 53.4 Å². The Morgan fingerprint density at radius 2 is 1.90 bits per heavy atom. The second-order valence-electron chi connectivity index (χ2n) is 7.16. The summed E-state index contributed by atoms with van der Waals surface area (Å²) in [6.07, 6.45) is 1.77. The van der Waals surface area contributed by atoms with Crippen molar-refractivity contribution in [3.63, 3.8) is 0 Å². The average Bonchev–Trinajstić information content (AvgIpc) is 2.74. The maximum Gasteiger partial charge on any atom is 0.306 e. The summed E-state index contributed by atoms with van der Waals surface area (Å²) in [4.78, 5) is 26.7. The van der Waals surface area contributed by atoms with Crippen LogP contribution in [0, 0.1) is 0 Å². The number of carbonyl (C=O) groups excluding carboxylic acids is 2. The van der Waals surface area contributed by atoms with Gasteiger partial charge in [-0.25, -0.2) is 0 Å². The Hall–Kier alpha value is -2.47. The van der Waals surface area contributed by atoms with E-state index in [1.165, 1.54) is 7.11 Å². The van der Waals surface area contributed by atoms with Crippen LogP contribution in [0.2, 0.25) is 0 Å². The monoisotopic (exact) mass is 412 g/mol. The number of nitrogens with one attached hydrogen (secondary N) is 1. The van der Waals surface area contributed by atoms with Gasteiger partial charge in [0.25, 0.3) is 0 Å². The topological polar surface area (TPSA) is 58.6 Å². The largest absolute Gasteiger partial charge is 0.469 e. The van der Waals surface area contributed by atoms with E-state index in [0.717, 1.165) is 28.3 Å². The number of carbonyl (C=O) groups is 2. The molecule has 3 rings (SSSR count). The zero-order valence-electron chi connectivity index (χ0n) is 17.2. The van der Waals surface area contributed by atoms with Crippen LogP contribution < -0.4 is 10.2 Å². The van der Waals surface area contributed by atoms with Crippen molar-refractivity contribution < 1.29 is 14.3 Å². The lowest BCUT2D eigenvalue weighted by Crippen LogP contribution is -2.44. The Labute approximate surface area is 176 Å². The molecule has 0 saturated carbocycles. The minimum atomic E-state index is -0.184. The second kappa shape index (κ2) is 9.83. The van der Waals surface area contributed by atoms with Crippen molar-refractivity contribution in [2.75, 3.05) is 23.1 Å². The number of hydrogen-bond donors (Lipinski definition) is 1. The van der Waals surface area contributed by atoms with Crippen LogP contribution >= 0.6 is 11.8 Å². The van der Waals surface area contributed by atoms with Crippen molar-refractivity contribution in [1.29, 1.82) is 0 Å². The first-order valence-corrected chi connectivity index (χ1v) is 11.0. The van der Waals surface area contributed by atoms with Crippen LogP contribution in [0.25, 0.3) is 0 Å². The Morgan fingerprint density at radius 3 is 2.59 bits per heavy atom. The Morgan fingerprint density at radius 1 is 1.17 bits per heavy atom. The maximum atomic E-state index is 12.5. The van der Waals surface area contributed by atoms with Gasteiger partial charge in [-0.2, -0.15) is 0 Å². The van der Waals surface area contributed by atoms with Gasteiger partial charge in [0.1, 0.15) is 0 Å². The zero-order chi connectivity index (χ0) is 20.8. The predicted molar refractivity (Wildman–Crippen MR) is 118 cm³/mol. The number of para-hydroxylation sites is 1. The predicted octanol–water partition coefficient (Wildman–Crippen LogP) is 5.03. The van der Waals surface area contributed by atoms with Gasteiger partial charge in [-0.05, 0) is 49.2 Å². The van der Waals surface area contributed by atoms with E-state index < -0.39 is 0 Å². The molecule has 0 fully saturated rings. The van der Waals surface area contributed by atoms with Gasteiger partial charge in [-0.3, -0.25) is 9.59 Å². The van der Waals surface area contributed by atoms with Crippen molar-refractivity contribution in [2.24, 2.45) is 0 Å². The maximum absolute atomic E-state index is 12.5. The van der Waals surface area contributed by atoms with Gasteiger partial charge in [0.05, 0.1) is 19.6 Å². The van der Waals surface area contributed by atoms with Gasteiger partial charge in [0.2, 0.25) is 5.91 Å². The molecule has 1 amide bonds. The number of rotatable bonds is 7. The number of nitrogens with zero attached hydrogens (tertiary/aromatic N) is 1. The van der Waals surface area contributed by atoms with E-state index >= 15 is 0 Å². The van der Waals surface area contributed by atoms with Crippen molar-refractivity contribution in [3.8, 4) is 0 Å². The summed E-state index contributed by atoms with van der Waals surface area (Å²) in [5, 5.41) is 3.63. The van der Waals surface area contributed by atoms with Gasteiger partial charge < -0.3 is 15.0 Å². The highest BCUT2D eigenvalue weighted by atomic mass is 32.2. The number of ether oxygens (including phenoxy) is 1. The van der Waals surface area contributed by atoms with Crippen molar-refractivity contribution >= 4 is 35.0 Å². The Balaban J connectivity index is 1.70. The molecule has 1 aliphatic rings. The Kier molecular flexibility index (Phi) is 7.20. The first-order valence-electron chi connectivity index (χ1n) is 10.0.